The van der Waals surface area contributed by atoms with E-state index in [1.807, 2.05) is 0 Å². The highest BCUT2D eigenvalue weighted by atomic mass is 16.7. The van der Waals surface area contributed by atoms with Gasteiger partial charge in [-0.3, -0.25) is 4.79 Å². The van der Waals surface area contributed by atoms with Crippen LogP contribution in [0, 0.1) is 0 Å². The minimum atomic E-state index is -0.329. The van der Waals surface area contributed by atoms with Gasteiger partial charge in [0.25, 0.3) is 0 Å². The molecule has 0 aromatic heterocycles. The van der Waals surface area contributed by atoms with Gasteiger partial charge in [-0.15, -0.1) is 0 Å². The van der Waals surface area contributed by atoms with Gasteiger partial charge in [0, 0.05) is 0 Å². The van der Waals surface area contributed by atoms with Gasteiger partial charge in [0.15, 0.2) is 11.9 Å². The Balaban J connectivity index is 2.24. The third-order valence-corrected chi connectivity index (χ3v) is 1.54. The zero-order valence-corrected chi connectivity index (χ0v) is 4.74. The van der Waals surface area contributed by atoms with Gasteiger partial charge in [0.2, 0.25) is 0 Å². The van der Waals surface area contributed by atoms with Crippen LogP contribution in [0.25, 0.3) is 0 Å². The second kappa shape index (κ2) is 1.65. The summed E-state index contributed by atoms with van der Waals surface area (Å²) in [6, 6.07) is 0. The first kappa shape index (κ1) is 5.14. The van der Waals surface area contributed by atoms with Crippen molar-refractivity contribution in [1.29, 1.82) is 0 Å². The second-order valence-corrected chi connectivity index (χ2v) is 2.10. The average molecular weight is 126 g/mol. The van der Waals surface area contributed by atoms with Crippen LogP contribution in [0.2, 0.25) is 0 Å². The van der Waals surface area contributed by atoms with Crippen LogP contribution in [0.5, 0.6) is 0 Å². The molecule has 1 fully saturated rings. The van der Waals surface area contributed by atoms with E-state index in [4.69, 9.17) is 9.47 Å². The van der Waals surface area contributed by atoms with Crippen molar-refractivity contribution in [1.82, 2.24) is 0 Å². The summed E-state index contributed by atoms with van der Waals surface area (Å²) >= 11 is 0. The number of carbonyl (C=O) groups is 1. The van der Waals surface area contributed by atoms with Crippen LogP contribution in [-0.2, 0) is 14.3 Å². The summed E-state index contributed by atoms with van der Waals surface area (Å²) in [5.41, 5.74) is 0. The van der Waals surface area contributed by atoms with E-state index >= 15 is 0 Å². The Kier molecular flexibility index (Phi) is 0.944. The predicted molar refractivity (Wildman–Crippen MR) is 28.8 cm³/mol. The maximum Gasteiger partial charge on any atom is 0.187 e. The second-order valence-electron chi connectivity index (χ2n) is 2.10. The first-order chi connectivity index (χ1) is 4.38. The van der Waals surface area contributed by atoms with Gasteiger partial charge in [0.1, 0.15) is 12.9 Å². The number of ketones is 1. The molecule has 0 amide bonds. The molecule has 2 rings (SSSR count). The standard InChI is InChI=1S/C6H6O3/c7-4-1-2-5-6(4)9-3-8-5/h1-2,5-6H,3H2. The van der Waals surface area contributed by atoms with Crippen molar-refractivity contribution in [3.63, 3.8) is 0 Å². The van der Waals surface area contributed by atoms with Crippen molar-refractivity contribution in [2.24, 2.45) is 0 Å². The van der Waals surface area contributed by atoms with Crippen LogP contribution < -0.4 is 0 Å². The molecule has 0 radical (unpaired) electrons. The molecule has 0 N–H and O–H groups in total. The monoisotopic (exact) mass is 126 g/mol. The Labute approximate surface area is 52.3 Å². The maximum atomic E-state index is 10.8. The van der Waals surface area contributed by atoms with Gasteiger partial charge in [-0.25, -0.2) is 0 Å². The number of carbonyl (C=O) groups excluding carboxylic acids is 1. The Bertz CT molecular complexity index is 173. The molecule has 48 valence electrons. The molecule has 0 aromatic rings. The quantitative estimate of drug-likeness (QED) is 0.453. The first-order valence-corrected chi connectivity index (χ1v) is 2.83. The van der Waals surface area contributed by atoms with Crippen molar-refractivity contribution in [3.8, 4) is 0 Å². The SMILES string of the molecule is O=C1C=CC2OCOC12. The van der Waals surface area contributed by atoms with Gasteiger partial charge in [-0.2, -0.15) is 0 Å². The molecule has 1 aliphatic carbocycles. The molecular weight excluding hydrogens is 120 g/mol. The van der Waals surface area contributed by atoms with Gasteiger partial charge in [-0.1, -0.05) is 0 Å². The predicted octanol–water partition coefficient (Wildman–Crippen LogP) is -0.133. The number of fused-ring (bicyclic) bond motifs is 1. The lowest BCUT2D eigenvalue weighted by molar-refractivity contribution is -0.122. The van der Waals surface area contributed by atoms with E-state index < -0.39 is 0 Å². The summed E-state index contributed by atoms with van der Waals surface area (Å²) in [7, 11) is 0. The van der Waals surface area contributed by atoms with E-state index in [0.717, 1.165) is 0 Å². The molecule has 3 nitrogen and oxygen atoms in total. The largest absolute Gasteiger partial charge is 0.345 e. The molecule has 1 aliphatic heterocycles. The lowest BCUT2D eigenvalue weighted by atomic mass is 10.2. The summed E-state index contributed by atoms with van der Waals surface area (Å²) in [6.07, 6.45) is 2.82. The summed E-state index contributed by atoms with van der Waals surface area (Å²) in [6.45, 7) is 0.255. The van der Waals surface area contributed by atoms with E-state index in [0.29, 0.717) is 0 Å². The van der Waals surface area contributed by atoms with Gasteiger partial charge in [0.05, 0.1) is 0 Å². The highest BCUT2D eigenvalue weighted by Crippen LogP contribution is 2.20. The van der Waals surface area contributed by atoms with E-state index in [1.54, 1.807) is 6.08 Å². The Hall–Kier alpha value is -0.670. The fourth-order valence-electron chi connectivity index (χ4n) is 1.06. The van der Waals surface area contributed by atoms with Crippen LogP contribution in [0.4, 0.5) is 0 Å². The highest BCUT2D eigenvalue weighted by Gasteiger charge is 2.36. The van der Waals surface area contributed by atoms with Crippen molar-refractivity contribution in [3.05, 3.63) is 12.2 Å². The van der Waals surface area contributed by atoms with E-state index in [1.165, 1.54) is 6.08 Å². The topological polar surface area (TPSA) is 35.5 Å². The maximum absolute atomic E-state index is 10.8. The van der Waals surface area contributed by atoms with Crippen LogP contribution in [-0.4, -0.2) is 24.8 Å². The third-order valence-electron chi connectivity index (χ3n) is 1.54. The molecule has 0 bridgehead atoms. The first-order valence-electron chi connectivity index (χ1n) is 2.83. The normalized spacial score (nSPS) is 39.8. The molecular formula is C6H6O3. The summed E-state index contributed by atoms with van der Waals surface area (Å²) in [5, 5.41) is 0. The van der Waals surface area contributed by atoms with Crippen LogP contribution in [0.15, 0.2) is 12.2 Å². The van der Waals surface area contributed by atoms with E-state index in [2.05, 4.69) is 0 Å². The Morgan fingerprint density at radius 1 is 1.56 bits per heavy atom. The van der Waals surface area contributed by atoms with E-state index in [9.17, 15) is 4.79 Å². The number of rotatable bonds is 0. The van der Waals surface area contributed by atoms with Gasteiger partial charge >= 0.3 is 0 Å². The Morgan fingerprint density at radius 3 is 3.22 bits per heavy atom. The van der Waals surface area contributed by atoms with Crippen molar-refractivity contribution in [2.75, 3.05) is 6.79 Å². The van der Waals surface area contributed by atoms with Crippen LogP contribution >= 0.6 is 0 Å². The molecule has 0 spiro atoms. The van der Waals surface area contributed by atoms with Gasteiger partial charge in [-0.05, 0) is 12.2 Å². The third kappa shape index (κ3) is 0.620. The smallest absolute Gasteiger partial charge is 0.187 e. The zero-order chi connectivity index (χ0) is 6.27. The van der Waals surface area contributed by atoms with Crippen LogP contribution in [0.1, 0.15) is 0 Å². The lowest BCUT2D eigenvalue weighted by Gasteiger charge is -2.00. The minimum absolute atomic E-state index is 0.0255. The molecule has 2 atom stereocenters. The molecule has 0 saturated carbocycles. The van der Waals surface area contributed by atoms with Crippen molar-refractivity contribution < 1.29 is 14.3 Å². The molecule has 2 unspecified atom stereocenters. The fourth-order valence-corrected chi connectivity index (χ4v) is 1.06. The minimum Gasteiger partial charge on any atom is -0.345 e. The highest BCUT2D eigenvalue weighted by molar-refractivity contribution is 5.97. The van der Waals surface area contributed by atoms with Crippen molar-refractivity contribution in [2.45, 2.75) is 12.2 Å². The molecule has 0 aromatic carbocycles. The summed E-state index contributed by atoms with van der Waals surface area (Å²) < 4.78 is 9.97. The molecule has 1 heterocycles. The lowest BCUT2D eigenvalue weighted by Crippen LogP contribution is -2.22. The number of ether oxygens (including phenoxy) is 2. The summed E-state index contributed by atoms with van der Waals surface area (Å²) in [5.74, 6) is 0.0255. The molecule has 3 heteroatoms. The zero-order valence-electron chi connectivity index (χ0n) is 4.74. The molecule has 9 heavy (non-hydrogen) atoms. The summed E-state index contributed by atoms with van der Waals surface area (Å²) in [4.78, 5) is 10.8. The average Bonchev–Trinajstić information content (AvgIpc) is 2.35. The molecule has 2 aliphatic rings. The Morgan fingerprint density at radius 2 is 2.44 bits per heavy atom. The van der Waals surface area contributed by atoms with E-state index in [-0.39, 0.29) is 24.8 Å². The number of hydrogen-bond donors (Lipinski definition) is 0. The van der Waals surface area contributed by atoms with Crippen molar-refractivity contribution >= 4 is 5.78 Å². The number of hydrogen-bond acceptors (Lipinski definition) is 3. The van der Waals surface area contributed by atoms with Crippen LogP contribution in [0.3, 0.4) is 0 Å². The van der Waals surface area contributed by atoms with Gasteiger partial charge < -0.3 is 9.47 Å². The molecule has 1 saturated heterocycles. The fraction of sp³-hybridized carbons (Fsp3) is 0.500.